The number of nitrogens with one attached hydrogen (secondary N) is 3. The Hall–Kier alpha value is -6.68. The molecule has 16 nitrogen and oxygen atoms in total. The van der Waals surface area contributed by atoms with E-state index in [1.807, 2.05) is 62.5 Å². The molecular formula is C56H70N12O4. The van der Waals surface area contributed by atoms with E-state index < -0.39 is 17.5 Å². The van der Waals surface area contributed by atoms with Crippen LogP contribution in [0, 0.1) is 10.8 Å². The van der Waals surface area contributed by atoms with Crippen molar-refractivity contribution in [2.24, 2.45) is 16.6 Å². The van der Waals surface area contributed by atoms with Crippen LogP contribution in [0.5, 0.6) is 5.75 Å². The van der Waals surface area contributed by atoms with E-state index in [2.05, 4.69) is 55.5 Å². The van der Waals surface area contributed by atoms with Crippen LogP contribution in [0.4, 0.5) is 16.6 Å². The van der Waals surface area contributed by atoms with Gasteiger partial charge in [0.05, 0.1) is 11.7 Å². The number of amides is 4. The number of benzene rings is 2. The van der Waals surface area contributed by atoms with Gasteiger partial charge >= 0.3 is 6.03 Å². The average Bonchev–Trinajstić information content (AvgIpc) is 3.98. The first kappa shape index (κ1) is 47.6. The van der Waals surface area contributed by atoms with Gasteiger partial charge in [-0.2, -0.15) is 0 Å². The van der Waals surface area contributed by atoms with Crippen LogP contribution >= 0.6 is 0 Å². The highest BCUT2D eigenvalue weighted by Gasteiger charge is 2.56. The summed E-state index contributed by atoms with van der Waals surface area (Å²) in [6.07, 6.45) is 16.5. The molecule has 5 aromatic rings. The van der Waals surface area contributed by atoms with E-state index in [-0.39, 0.29) is 35.1 Å². The van der Waals surface area contributed by atoms with Gasteiger partial charge in [0.1, 0.15) is 23.7 Å². The maximum atomic E-state index is 14.3. The number of aromatic hydroxyl groups is 1. The molecule has 8 N–H and O–H groups in total. The fourth-order valence-electron chi connectivity index (χ4n) is 12.6. The predicted molar refractivity (Wildman–Crippen MR) is 280 cm³/mol. The Morgan fingerprint density at radius 1 is 0.944 bits per heavy atom. The number of rotatable bonds is 11. The van der Waals surface area contributed by atoms with Crippen LogP contribution in [0.25, 0.3) is 22.5 Å². The average molecular weight is 975 g/mol. The number of phenols is 1. The summed E-state index contributed by atoms with van der Waals surface area (Å²) < 4.78 is 0. The van der Waals surface area contributed by atoms with Gasteiger partial charge in [-0.15, -0.1) is 0 Å². The van der Waals surface area contributed by atoms with E-state index in [9.17, 15) is 19.5 Å². The number of carbonyl (C=O) groups is 3. The number of nitrogen functional groups attached to an aromatic ring is 1. The molecule has 11 rings (SSSR count). The van der Waals surface area contributed by atoms with Crippen LogP contribution in [-0.4, -0.2) is 115 Å². The summed E-state index contributed by atoms with van der Waals surface area (Å²) in [4.78, 5) is 68.0. The van der Waals surface area contributed by atoms with Crippen LogP contribution < -0.4 is 27.0 Å². The zero-order valence-electron chi connectivity index (χ0n) is 42.2. The summed E-state index contributed by atoms with van der Waals surface area (Å²) in [5.41, 5.74) is 19.9. The Bertz CT molecular complexity index is 2900. The summed E-state index contributed by atoms with van der Waals surface area (Å²) in [5, 5.41) is 19.0. The quantitative estimate of drug-likeness (QED) is 0.0780. The highest BCUT2D eigenvalue weighted by molar-refractivity contribution is 5.93. The number of hydrogen-bond donors (Lipinski definition) is 6. The van der Waals surface area contributed by atoms with Gasteiger partial charge in [0.2, 0.25) is 17.8 Å². The molecule has 378 valence electrons. The van der Waals surface area contributed by atoms with E-state index in [4.69, 9.17) is 21.4 Å². The number of para-hydroxylation sites is 1. The second-order valence-electron chi connectivity index (χ2n) is 22.8. The van der Waals surface area contributed by atoms with Crippen molar-refractivity contribution in [3.05, 3.63) is 106 Å². The molecule has 2 saturated carbocycles. The Morgan fingerprint density at radius 2 is 1.69 bits per heavy atom. The smallest absolute Gasteiger partial charge is 0.318 e. The molecule has 2 aliphatic carbocycles. The molecule has 3 atom stereocenters. The molecule has 3 aromatic heterocycles. The third-order valence-electron chi connectivity index (χ3n) is 16.8. The number of carbonyl (C=O) groups excluding carboxylic acids is 3. The molecule has 5 fully saturated rings. The molecule has 7 heterocycles. The lowest BCUT2D eigenvalue weighted by Gasteiger charge is -2.61. The van der Waals surface area contributed by atoms with Gasteiger partial charge in [-0.25, -0.2) is 14.8 Å². The normalized spacial score (nSPS) is 22.1. The lowest BCUT2D eigenvalue weighted by molar-refractivity contribution is -0.142. The van der Waals surface area contributed by atoms with Crippen LogP contribution in [0.15, 0.2) is 67.1 Å². The Kier molecular flexibility index (Phi) is 12.4. The van der Waals surface area contributed by atoms with Crippen molar-refractivity contribution in [2.75, 3.05) is 49.9 Å². The van der Waals surface area contributed by atoms with Crippen molar-refractivity contribution >= 4 is 52.2 Å². The van der Waals surface area contributed by atoms with Crippen LogP contribution in [-0.2, 0) is 22.6 Å². The van der Waals surface area contributed by atoms with E-state index in [0.717, 1.165) is 85.9 Å². The molecule has 0 radical (unpaired) electrons. The van der Waals surface area contributed by atoms with E-state index in [1.54, 1.807) is 23.1 Å². The van der Waals surface area contributed by atoms with Crippen LogP contribution in [0.2, 0.25) is 0 Å². The monoisotopic (exact) mass is 975 g/mol. The zero-order valence-corrected chi connectivity index (χ0v) is 42.2. The van der Waals surface area contributed by atoms with Crippen molar-refractivity contribution in [2.45, 2.75) is 128 Å². The number of aromatic nitrogens is 4. The maximum absolute atomic E-state index is 14.3. The maximum Gasteiger partial charge on any atom is 0.318 e. The number of nitrogens with two attached hydrogens (primary N) is 2. The number of piperidine rings is 1. The molecule has 4 aliphatic heterocycles. The molecule has 6 aliphatic rings. The SMILES string of the molecule is CC1c2c([nH]c(N)c2/C=C(\N)c2ccccc2O)CCN1c1ncc(C2CCN(C3CC4(C3)CN(C(=O)NC(C(=O)N3CCCC3C(=O)NCc3ccc5c(C6CC6)nccc5c3)C(C)(C)C)C4)CC2)cn1. The van der Waals surface area contributed by atoms with Gasteiger partial charge in [0.15, 0.2) is 0 Å². The van der Waals surface area contributed by atoms with Crippen molar-refractivity contribution < 1.29 is 19.5 Å². The number of pyridine rings is 1. The summed E-state index contributed by atoms with van der Waals surface area (Å²) in [5.74, 6) is 1.96. The fraction of sp³-hybridized carbons (Fsp3) is 0.500. The van der Waals surface area contributed by atoms with Gasteiger partial charge in [-0.05, 0) is 130 Å². The molecule has 2 aromatic carbocycles. The van der Waals surface area contributed by atoms with Gasteiger partial charge in [-0.1, -0.05) is 45.0 Å². The zero-order chi connectivity index (χ0) is 50.1. The summed E-state index contributed by atoms with van der Waals surface area (Å²) in [6, 6.07) is 14.3. The van der Waals surface area contributed by atoms with Crippen LogP contribution in [0.1, 0.15) is 136 Å². The second-order valence-corrected chi connectivity index (χ2v) is 22.8. The van der Waals surface area contributed by atoms with Crippen LogP contribution in [0.3, 0.4) is 0 Å². The number of aromatic amines is 1. The van der Waals surface area contributed by atoms with E-state index in [1.165, 1.54) is 29.5 Å². The van der Waals surface area contributed by atoms with E-state index >= 15 is 0 Å². The van der Waals surface area contributed by atoms with Gasteiger partial charge in [-0.3, -0.25) is 14.6 Å². The number of nitrogens with zero attached hydrogens (tertiary/aromatic N) is 7. The summed E-state index contributed by atoms with van der Waals surface area (Å²) in [6.45, 7) is 13.1. The highest BCUT2D eigenvalue weighted by atomic mass is 16.3. The lowest BCUT2D eigenvalue weighted by Crippen LogP contribution is -2.70. The van der Waals surface area contributed by atoms with Gasteiger partial charge < -0.3 is 51.8 Å². The number of H-pyrrole nitrogens is 1. The van der Waals surface area contributed by atoms with Crippen molar-refractivity contribution in [1.29, 1.82) is 0 Å². The van der Waals surface area contributed by atoms with Crippen molar-refractivity contribution in [1.82, 2.24) is 45.3 Å². The second kappa shape index (κ2) is 18.7. The Morgan fingerprint density at radius 3 is 2.42 bits per heavy atom. The van der Waals surface area contributed by atoms with Crippen molar-refractivity contribution in [3.63, 3.8) is 0 Å². The highest BCUT2D eigenvalue weighted by Crippen LogP contribution is 2.51. The minimum absolute atomic E-state index is 0.0479. The molecule has 3 unspecified atom stereocenters. The molecule has 4 amide bonds. The lowest BCUT2D eigenvalue weighted by atomic mass is 9.60. The first-order valence-electron chi connectivity index (χ1n) is 26.2. The molecule has 0 bridgehead atoms. The number of anilines is 2. The van der Waals surface area contributed by atoms with Gasteiger partial charge in [0.25, 0.3) is 0 Å². The minimum atomic E-state index is -0.762. The van der Waals surface area contributed by atoms with E-state index in [0.29, 0.717) is 73.5 Å². The first-order valence-corrected chi connectivity index (χ1v) is 26.2. The molecule has 72 heavy (non-hydrogen) atoms. The summed E-state index contributed by atoms with van der Waals surface area (Å²) >= 11 is 0. The number of likely N-dealkylation sites (tertiary alicyclic amines) is 3. The third-order valence-corrected chi connectivity index (χ3v) is 16.8. The topological polar surface area (TPSA) is 215 Å². The van der Waals surface area contributed by atoms with Gasteiger partial charge in [0, 0.05) is 109 Å². The molecule has 3 saturated heterocycles. The summed E-state index contributed by atoms with van der Waals surface area (Å²) in [7, 11) is 0. The number of fused-ring (bicyclic) bond motifs is 2. The fourth-order valence-corrected chi connectivity index (χ4v) is 12.6. The minimum Gasteiger partial charge on any atom is -0.507 e. The predicted octanol–water partition coefficient (Wildman–Crippen LogP) is 7.17. The largest absolute Gasteiger partial charge is 0.507 e. The van der Waals surface area contributed by atoms with Crippen molar-refractivity contribution in [3.8, 4) is 5.75 Å². The number of urea groups is 1. The standard InChI is InChI=1S/C56H70N12O4/c1-33-47-42(25-43(57)41-8-5-6-10-46(41)69)50(58)63-44(47)18-23-67(33)53-61-29-38(30-62-53)35-16-21-65(22-17-35)39-26-56(27-39)31-66(32-56)54(72)64-49(55(2,3)4)52(71)68-20-7-9-45(68)51(70)60-28-34-11-14-40-37(24-34)15-19-59-48(40)36-12-13-36/h5-6,8,10-11,14-15,19,24-25,29-30,33,35-36,39,45,49,63,69H,7,9,12-13,16-18,20-23,26-28,31-32,57-58H2,1-4H3,(H,60,70)(H,64,72)/b43-25-. The molecule has 16 heteroatoms. The Balaban J connectivity index is 0.640. The molecular weight excluding hydrogens is 905 g/mol. The third kappa shape index (κ3) is 9.11. The number of hydrogen-bond acceptors (Lipinski definition) is 11. The first-order chi connectivity index (χ1) is 34.6. The Labute approximate surface area is 422 Å². The number of phenolic OH excluding ortho intramolecular Hbond substituents is 1. The molecule has 1 spiro atoms.